The number of rotatable bonds is 5. The molecule has 2 fully saturated rings. The van der Waals surface area contributed by atoms with Crippen LogP contribution >= 0.6 is 0 Å². The van der Waals surface area contributed by atoms with Crippen LogP contribution in [-0.2, 0) is 4.79 Å². The van der Waals surface area contributed by atoms with Gasteiger partial charge in [-0.25, -0.2) is 0 Å². The molecule has 4 rings (SSSR count). The van der Waals surface area contributed by atoms with Crippen LogP contribution in [0, 0.1) is 0 Å². The summed E-state index contributed by atoms with van der Waals surface area (Å²) in [4.78, 5) is 22.5. The normalized spacial score (nSPS) is 21.9. The van der Waals surface area contributed by atoms with Gasteiger partial charge in [0.15, 0.2) is 11.6 Å². The van der Waals surface area contributed by atoms with E-state index >= 15 is 0 Å². The van der Waals surface area contributed by atoms with Crippen molar-refractivity contribution in [3.63, 3.8) is 0 Å². The van der Waals surface area contributed by atoms with Crippen LogP contribution in [0.3, 0.4) is 0 Å². The number of likely N-dealkylation sites (tertiary alicyclic amines) is 1. The fraction of sp³-hybridized carbons (Fsp3) is 0.556. The molecular weight excluding hydrogens is 332 g/mol. The lowest BCUT2D eigenvalue weighted by Crippen LogP contribution is -2.35. The molecule has 138 valence electrons. The SMILES string of the molecule is CN1CCC(Oc2cncc(Nc3cc([C@H]4CCC(=O)C4)[nH]n3)n2)CC1. The van der Waals surface area contributed by atoms with Gasteiger partial charge in [-0.05, 0) is 26.3 Å². The number of ketones is 1. The summed E-state index contributed by atoms with van der Waals surface area (Å²) in [7, 11) is 2.13. The predicted molar refractivity (Wildman–Crippen MR) is 96.6 cm³/mol. The quantitative estimate of drug-likeness (QED) is 0.848. The Kier molecular flexibility index (Phi) is 4.83. The van der Waals surface area contributed by atoms with E-state index in [9.17, 15) is 4.79 Å². The number of hydrogen-bond donors (Lipinski definition) is 2. The number of aromatic nitrogens is 4. The highest BCUT2D eigenvalue weighted by Crippen LogP contribution is 2.32. The van der Waals surface area contributed by atoms with Gasteiger partial charge < -0.3 is 15.0 Å². The number of hydrogen-bond acceptors (Lipinski definition) is 7. The molecule has 0 spiro atoms. The zero-order valence-corrected chi connectivity index (χ0v) is 14.9. The van der Waals surface area contributed by atoms with Crippen molar-refractivity contribution in [2.24, 2.45) is 0 Å². The number of Topliss-reactive ketones (excluding diaryl/α,β-unsaturated/α-hetero) is 1. The molecule has 1 aliphatic carbocycles. The van der Waals surface area contributed by atoms with Gasteiger partial charge in [-0.2, -0.15) is 10.1 Å². The first-order valence-corrected chi connectivity index (χ1v) is 9.17. The van der Waals surface area contributed by atoms with Gasteiger partial charge in [0.2, 0.25) is 5.88 Å². The lowest BCUT2D eigenvalue weighted by atomic mass is 10.0. The van der Waals surface area contributed by atoms with E-state index in [0.717, 1.165) is 38.0 Å². The van der Waals surface area contributed by atoms with Gasteiger partial charge in [0.05, 0.1) is 12.4 Å². The molecule has 26 heavy (non-hydrogen) atoms. The van der Waals surface area contributed by atoms with Crippen molar-refractivity contribution in [2.75, 3.05) is 25.5 Å². The summed E-state index contributed by atoms with van der Waals surface area (Å²) in [5.41, 5.74) is 0.991. The maximum atomic E-state index is 11.5. The zero-order valence-electron chi connectivity index (χ0n) is 14.9. The number of anilines is 2. The minimum atomic E-state index is 0.188. The Morgan fingerprint density at radius 2 is 2.08 bits per heavy atom. The number of nitrogens with zero attached hydrogens (tertiary/aromatic N) is 4. The number of aromatic amines is 1. The first-order valence-electron chi connectivity index (χ1n) is 9.17. The maximum absolute atomic E-state index is 11.5. The van der Waals surface area contributed by atoms with Crippen LogP contribution in [0.5, 0.6) is 5.88 Å². The van der Waals surface area contributed by atoms with Crippen molar-refractivity contribution < 1.29 is 9.53 Å². The average Bonchev–Trinajstić information content (AvgIpc) is 3.26. The third-order valence-electron chi connectivity index (χ3n) is 5.10. The first-order chi connectivity index (χ1) is 12.7. The highest BCUT2D eigenvalue weighted by Gasteiger charge is 2.25. The van der Waals surface area contributed by atoms with Crippen molar-refractivity contribution in [1.29, 1.82) is 0 Å². The van der Waals surface area contributed by atoms with Gasteiger partial charge in [0.25, 0.3) is 0 Å². The van der Waals surface area contributed by atoms with E-state index in [2.05, 4.69) is 37.4 Å². The molecule has 0 unspecified atom stereocenters. The van der Waals surface area contributed by atoms with E-state index in [1.807, 2.05) is 6.07 Å². The summed E-state index contributed by atoms with van der Waals surface area (Å²) in [5, 5.41) is 10.5. The maximum Gasteiger partial charge on any atom is 0.234 e. The smallest absolute Gasteiger partial charge is 0.234 e. The standard InChI is InChI=1S/C18H24N6O2/c1-24-6-4-14(5-7-24)26-18-11-19-10-17(21-18)20-16-9-15(22-23-16)12-2-3-13(25)8-12/h9-12,14H,2-8H2,1H3,(H2,20,21,22,23)/t12-/m0/s1. The summed E-state index contributed by atoms with van der Waals surface area (Å²) in [6, 6.07) is 1.94. The number of piperidine rings is 1. The Hall–Kier alpha value is -2.48. The van der Waals surface area contributed by atoms with E-state index < -0.39 is 0 Å². The molecule has 1 aliphatic heterocycles. The average molecular weight is 356 g/mol. The molecule has 8 heteroatoms. The molecule has 2 aromatic rings. The van der Waals surface area contributed by atoms with Gasteiger partial charge in [-0.1, -0.05) is 0 Å². The molecule has 1 atom stereocenters. The van der Waals surface area contributed by atoms with Crippen molar-refractivity contribution >= 4 is 17.4 Å². The topological polar surface area (TPSA) is 96.0 Å². The van der Waals surface area contributed by atoms with Crippen molar-refractivity contribution in [1.82, 2.24) is 25.1 Å². The van der Waals surface area contributed by atoms with E-state index in [1.165, 1.54) is 0 Å². The third kappa shape index (κ3) is 4.01. The molecule has 3 heterocycles. The molecule has 2 aliphatic rings. The Labute approximate surface area is 152 Å². The molecule has 1 saturated heterocycles. The molecule has 0 bridgehead atoms. The van der Waals surface area contributed by atoms with E-state index in [1.54, 1.807) is 12.4 Å². The predicted octanol–water partition coefficient (Wildman–Crippen LogP) is 2.25. The molecule has 0 aromatic carbocycles. The van der Waals surface area contributed by atoms with Gasteiger partial charge in [-0.3, -0.25) is 14.9 Å². The van der Waals surface area contributed by atoms with Gasteiger partial charge >= 0.3 is 0 Å². The summed E-state index contributed by atoms with van der Waals surface area (Å²) in [5.74, 6) is 2.36. The van der Waals surface area contributed by atoms with Crippen LogP contribution in [-0.4, -0.2) is 57.1 Å². The second-order valence-corrected chi connectivity index (χ2v) is 7.17. The second-order valence-electron chi connectivity index (χ2n) is 7.17. The summed E-state index contributed by atoms with van der Waals surface area (Å²) in [6.45, 7) is 2.07. The second kappa shape index (κ2) is 7.41. The molecule has 0 amide bonds. The van der Waals surface area contributed by atoms with E-state index in [4.69, 9.17) is 4.74 Å². The largest absolute Gasteiger partial charge is 0.473 e. The van der Waals surface area contributed by atoms with Gasteiger partial charge in [-0.15, -0.1) is 0 Å². The Bertz CT molecular complexity index is 769. The minimum Gasteiger partial charge on any atom is -0.473 e. The van der Waals surface area contributed by atoms with Crippen molar-refractivity contribution in [2.45, 2.75) is 44.1 Å². The Morgan fingerprint density at radius 1 is 1.23 bits per heavy atom. The molecule has 8 nitrogen and oxygen atoms in total. The number of nitrogens with one attached hydrogen (secondary N) is 2. The molecule has 2 aromatic heterocycles. The van der Waals surface area contributed by atoms with Crippen LogP contribution in [0.4, 0.5) is 11.6 Å². The fourth-order valence-electron chi connectivity index (χ4n) is 3.56. The highest BCUT2D eigenvalue weighted by molar-refractivity contribution is 5.81. The molecule has 0 radical (unpaired) electrons. The van der Waals surface area contributed by atoms with Crippen molar-refractivity contribution in [3.8, 4) is 5.88 Å². The van der Waals surface area contributed by atoms with Crippen LogP contribution in [0.15, 0.2) is 18.5 Å². The van der Waals surface area contributed by atoms with Crippen molar-refractivity contribution in [3.05, 3.63) is 24.2 Å². The van der Waals surface area contributed by atoms with Crippen LogP contribution in [0.1, 0.15) is 43.7 Å². The molecule has 2 N–H and O–H groups in total. The molecular formula is C18H24N6O2. The van der Waals surface area contributed by atoms with Crippen LogP contribution < -0.4 is 10.1 Å². The van der Waals surface area contributed by atoms with Crippen LogP contribution in [0.25, 0.3) is 0 Å². The Balaban J connectivity index is 1.38. The summed E-state index contributed by atoms with van der Waals surface area (Å²) < 4.78 is 5.97. The lowest BCUT2D eigenvalue weighted by Gasteiger charge is -2.28. The Morgan fingerprint density at radius 3 is 2.85 bits per heavy atom. The number of carbonyl (C=O) groups excluding carboxylic acids is 1. The first kappa shape index (κ1) is 17.0. The lowest BCUT2D eigenvalue weighted by molar-refractivity contribution is -0.117. The van der Waals surface area contributed by atoms with E-state index in [0.29, 0.717) is 36.1 Å². The molecule has 1 saturated carbocycles. The van der Waals surface area contributed by atoms with E-state index in [-0.39, 0.29) is 12.0 Å². The van der Waals surface area contributed by atoms with Crippen LogP contribution in [0.2, 0.25) is 0 Å². The van der Waals surface area contributed by atoms with Gasteiger partial charge in [0, 0.05) is 43.6 Å². The number of carbonyl (C=O) groups is 1. The number of ether oxygens (including phenoxy) is 1. The van der Waals surface area contributed by atoms with Gasteiger partial charge in [0.1, 0.15) is 11.9 Å². The summed E-state index contributed by atoms with van der Waals surface area (Å²) in [6.07, 6.45) is 7.62. The highest BCUT2D eigenvalue weighted by atomic mass is 16.5. The third-order valence-corrected chi connectivity index (χ3v) is 5.10. The fourth-order valence-corrected chi connectivity index (χ4v) is 3.56. The summed E-state index contributed by atoms with van der Waals surface area (Å²) >= 11 is 0. The number of H-pyrrole nitrogens is 1. The minimum absolute atomic E-state index is 0.188. The monoisotopic (exact) mass is 356 g/mol. The zero-order chi connectivity index (χ0) is 17.9.